The summed E-state index contributed by atoms with van der Waals surface area (Å²) in [6.07, 6.45) is 13.3. The van der Waals surface area contributed by atoms with Gasteiger partial charge in [-0.25, -0.2) is 0 Å². The van der Waals surface area contributed by atoms with Gasteiger partial charge in [0.05, 0.1) is 6.10 Å². The van der Waals surface area contributed by atoms with E-state index in [2.05, 4.69) is 59.5 Å². The maximum atomic E-state index is 6.83. The minimum absolute atomic E-state index is 0.351. The van der Waals surface area contributed by atoms with Crippen LogP contribution in [0.1, 0.15) is 40.0 Å². The molecule has 0 aromatic rings. The van der Waals surface area contributed by atoms with Crippen LogP contribution in [0.5, 0.6) is 0 Å². The lowest BCUT2D eigenvalue weighted by atomic mass is 9.70. The second kappa shape index (κ2) is 4.33. The summed E-state index contributed by atoms with van der Waals surface area (Å²) in [5.41, 5.74) is 2.21. The third-order valence-corrected chi connectivity index (χ3v) is 8.46. The molecule has 3 saturated carbocycles. The lowest BCUT2D eigenvalue weighted by Gasteiger charge is -2.47. The van der Waals surface area contributed by atoms with Gasteiger partial charge in [-0.05, 0) is 74.8 Å². The molecule has 3 fully saturated rings. The van der Waals surface area contributed by atoms with Crippen LogP contribution in [0.15, 0.2) is 0 Å². The van der Waals surface area contributed by atoms with Crippen molar-refractivity contribution in [1.29, 1.82) is 0 Å². The van der Waals surface area contributed by atoms with Crippen molar-refractivity contribution in [3.05, 3.63) is 31.2 Å². The Bertz CT molecular complexity index is 352. The van der Waals surface area contributed by atoms with Gasteiger partial charge >= 0.3 is 0 Å². The van der Waals surface area contributed by atoms with Gasteiger partial charge in [0, 0.05) is 5.54 Å². The predicted molar refractivity (Wildman–Crippen MR) is 82.0 cm³/mol. The molecule has 3 aliphatic rings. The molecule has 0 heterocycles. The van der Waals surface area contributed by atoms with Gasteiger partial charge < -0.3 is 4.43 Å². The Balaban J connectivity index is 1.78. The number of hydrogen-bond donors (Lipinski definition) is 0. The van der Waals surface area contributed by atoms with E-state index in [9.17, 15) is 0 Å². The second-order valence-corrected chi connectivity index (χ2v) is 11.9. The van der Waals surface area contributed by atoms with Crippen molar-refractivity contribution in [2.24, 2.45) is 16.7 Å². The van der Waals surface area contributed by atoms with E-state index < -0.39 is 8.32 Å². The van der Waals surface area contributed by atoms with E-state index in [1.165, 1.54) is 24.8 Å². The predicted octanol–water partition coefficient (Wildman–Crippen LogP) is 4.37. The highest BCUT2D eigenvalue weighted by atomic mass is 28.4. The first-order valence-corrected chi connectivity index (χ1v) is 10.6. The maximum absolute atomic E-state index is 6.83. The molecule has 2 bridgehead atoms. The molecule has 105 valence electrons. The molecule has 0 saturated heterocycles. The number of fused-ring (bicyclic) bond motifs is 2. The van der Waals surface area contributed by atoms with Crippen LogP contribution in [0.4, 0.5) is 0 Å². The highest BCUT2D eigenvalue weighted by Gasteiger charge is 2.61. The summed E-state index contributed by atoms with van der Waals surface area (Å²) in [4.78, 5) is 0. The van der Waals surface area contributed by atoms with Crippen molar-refractivity contribution >= 4 is 8.32 Å². The van der Waals surface area contributed by atoms with Crippen LogP contribution in [0.25, 0.3) is 0 Å². The van der Waals surface area contributed by atoms with E-state index in [0.29, 0.717) is 16.9 Å². The van der Waals surface area contributed by atoms with Gasteiger partial charge in [-0.1, -0.05) is 20.8 Å². The molecule has 3 atom stereocenters. The molecule has 0 aromatic heterocycles. The first kappa shape index (κ1) is 14.1. The molecular weight excluding hydrogens is 248 g/mol. The zero-order valence-electron chi connectivity index (χ0n) is 13.0. The van der Waals surface area contributed by atoms with Crippen LogP contribution in [0.2, 0.25) is 13.1 Å². The van der Waals surface area contributed by atoms with E-state index in [4.69, 9.17) is 4.43 Å². The molecule has 0 aromatic carbocycles. The minimum atomic E-state index is -1.77. The summed E-state index contributed by atoms with van der Waals surface area (Å²) < 4.78 is 6.83. The average Bonchev–Trinajstić information content (AvgIpc) is 2.97. The zero-order valence-corrected chi connectivity index (χ0v) is 14.0. The van der Waals surface area contributed by atoms with E-state index in [-0.39, 0.29) is 0 Å². The van der Waals surface area contributed by atoms with Crippen molar-refractivity contribution in [3.63, 3.8) is 0 Å². The van der Waals surface area contributed by atoms with E-state index in [1.807, 2.05) is 0 Å². The molecule has 0 aliphatic heterocycles. The van der Waals surface area contributed by atoms with Gasteiger partial charge in [0.25, 0.3) is 0 Å². The Morgan fingerprint density at radius 3 is 2.32 bits per heavy atom. The Morgan fingerprint density at radius 2 is 1.79 bits per heavy atom. The van der Waals surface area contributed by atoms with Crippen LogP contribution in [0.3, 0.4) is 0 Å². The summed E-state index contributed by atoms with van der Waals surface area (Å²) in [6, 6.07) is 0. The fourth-order valence-electron chi connectivity index (χ4n) is 4.69. The largest absolute Gasteiger partial charge is 0.413 e. The van der Waals surface area contributed by atoms with Gasteiger partial charge in [-0.3, -0.25) is 0 Å². The summed E-state index contributed by atoms with van der Waals surface area (Å²) in [5.74, 6) is 0.868. The molecule has 3 aliphatic carbocycles. The third kappa shape index (κ3) is 2.14. The highest BCUT2D eigenvalue weighted by molar-refractivity contribution is 6.78. The Hall–Kier alpha value is 0.177. The van der Waals surface area contributed by atoms with Gasteiger partial charge in [0.1, 0.15) is 0 Å². The van der Waals surface area contributed by atoms with Crippen LogP contribution in [0, 0.1) is 48.0 Å². The minimum Gasteiger partial charge on any atom is -0.413 e. The van der Waals surface area contributed by atoms with Crippen LogP contribution >= 0.6 is 0 Å². The fraction of sp³-hybridized carbons (Fsp3) is 0.706. The lowest BCUT2D eigenvalue weighted by molar-refractivity contribution is -0.0202. The van der Waals surface area contributed by atoms with Gasteiger partial charge in [-0.15, -0.1) is 0 Å². The smallest absolute Gasteiger partial charge is 0.194 e. The van der Waals surface area contributed by atoms with Crippen LogP contribution < -0.4 is 0 Å². The third-order valence-electron chi connectivity index (χ3n) is 5.91. The number of rotatable bonds is 3. The highest BCUT2D eigenvalue weighted by Crippen LogP contribution is 2.64. The van der Waals surface area contributed by atoms with Gasteiger partial charge in [0.15, 0.2) is 8.32 Å². The van der Waals surface area contributed by atoms with Crippen molar-refractivity contribution in [2.45, 2.75) is 59.2 Å². The van der Waals surface area contributed by atoms with Crippen molar-refractivity contribution in [3.8, 4) is 0 Å². The average molecular weight is 275 g/mol. The second-order valence-electron chi connectivity index (χ2n) is 8.10. The zero-order chi connectivity index (χ0) is 13.9. The Morgan fingerprint density at radius 1 is 1.16 bits per heavy atom. The maximum Gasteiger partial charge on any atom is 0.194 e. The van der Waals surface area contributed by atoms with E-state index in [0.717, 1.165) is 5.92 Å². The normalized spacial score (nSPS) is 42.2. The Labute approximate surface area is 120 Å². The molecule has 0 spiro atoms. The molecule has 0 unspecified atom stereocenters. The first-order valence-electron chi connectivity index (χ1n) is 7.66. The first-order chi connectivity index (χ1) is 8.76. The molecule has 1 nitrogen and oxygen atoms in total. The van der Waals surface area contributed by atoms with E-state index in [1.54, 1.807) is 0 Å². The molecule has 2 heteroatoms. The molecule has 5 radical (unpaired) electrons. The summed E-state index contributed by atoms with van der Waals surface area (Å²) in [6.45, 7) is 12.0. The monoisotopic (exact) mass is 275 g/mol. The molecular formula is C17H27OSi. The van der Waals surface area contributed by atoms with Crippen LogP contribution in [-0.2, 0) is 4.43 Å². The fourth-order valence-corrected chi connectivity index (χ4v) is 7.00. The van der Waals surface area contributed by atoms with Crippen molar-refractivity contribution in [1.82, 2.24) is 0 Å². The quantitative estimate of drug-likeness (QED) is 0.695. The summed E-state index contributed by atoms with van der Waals surface area (Å²) >= 11 is 0. The Kier molecular flexibility index (Phi) is 3.22. The topological polar surface area (TPSA) is 9.23 Å². The molecule has 3 rings (SSSR count). The van der Waals surface area contributed by atoms with Gasteiger partial charge in [-0.2, -0.15) is 0 Å². The summed E-state index contributed by atoms with van der Waals surface area (Å²) in [5, 5.41) is 0. The molecule has 19 heavy (non-hydrogen) atoms. The van der Waals surface area contributed by atoms with E-state index >= 15 is 0 Å². The lowest BCUT2D eigenvalue weighted by Crippen LogP contribution is -2.51. The summed E-state index contributed by atoms with van der Waals surface area (Å²) in [7, 11) is -1.77. The van der Waals surface area contributed by atoms with Crippen molar-refractivity contribution < 1.29 is 4.43 Å². The van der Waals surface area contributed by atoms with Crippen molar-refractivity contribution in [2.75, 3.05) is 0 Å². The SMILES string of the molecule is CC1(C)[C@H]2CC[C@](C)(C2)[C@H]1O[Si](C)(C)[C]1[CH][CH][CH][CH]1. The van der Waals surface area contributed by atoms with Gasteiger partial charge in [0.2, 0.25) is 0 Å². The standard InChI is InChI=1S/C17H27OSi/c1-16(2)13-10-11-17(3,12-13)15(16)18-19(4,5)14-8-6-7-9-14/h6-9,13,15H,10-12H2,1-5H3/t13-,15-,17+/m0/s1. The number of hydrogen-bond acceptors (Lipinski definition) is 1. The molecule has 0 amide bonds. The molecule has 0 N–H and O–H groups in total. The van der Waals surface area contributed by atoms with Crippen LogP contribution in [-0.4, -0.2) is 14.4 Å².